The maximum Gasteiger partial charge on any atom is 0.187 e. The van der Waals surface area contributed by atoms with Gasteiger partial charge in [-0.15, -0.1) is 0 Å². The molecule has 3 fully saturated rings. The van der Waals surface area contributed by atoms with Gasteiger partial charge >= 0.3 is 0 Å². The van der Waals surface area contributed by atoms with Gasteiger partial charge in [0.15, 0.2) is 18.9 Å². The fourth-order valence-electron chi connectivity index (χ4n) is 4.09. The summed E-state index contributed by atoms with van der Waals surface area (Å²) in [5, 5.41) is 90.3. The molecule has 3 aliphatic rings. The molecule has 0 aromatic rings. The van der Waals surface area contributed by atoms with Gasteiger partial charge in [0.2, 0.25) is 0 Å². The summed E-state index contributed by atoms with van der Waals surface area (Å²) < 4.78 is 32.8. The van der Waals surface area contributed by atoms with Gasteiger partial charge in [0.05, 0.1) is 25.9 Å². The van der Waals surface area contributed by atoms with Crippen LogP contribution in [0.25, 0.3) is 0 Å². The lowest BCUT2D eigenvalue weighted by Gasteiger charge is -2.44. The van der Waals surface area contributed by atoms with Crippen LogP contribution in [-0.4, -0.2) is 158 Å². The van der Waals surface area contributed by atoms with E-state index >= 15 is 0 Å². The largest absolute Gasteiger partial charge is 0.394 e. The standard InChI is InChI=1S/C20H36O15/c1-6(2)31-18-16(29)13(26)12(25)9(34-18)5-30-20-17(14(27)10(23)7(3-21)33-20)35-19-15(28)11(24)8(4-22)32-19/h6-29H,3-5H2,1-2H3/t7-,8-,9-,10-,11+,12+,13+,14+,15-,16-,17-,18-,19+,20-/m1/s1. The SMILES string of the molecule is CC(C)O[C@@H]1O[C@H](CO[C@@H]2O[C@H](CO)[C@@H](O)[C@H](O)[C@H]2O[C@@H]2O[C@H](CO)[C@H](O)[C@H]2O)[C@H](O)[C@H](O)[C@H]1O. The summed E-state index contributed by atoms with van der Waals surface area (Å²) in [4.78, 5) is 0. The maximum atomic E-state index is 10.6. The Morgan fingerprint density at radius 2 is 1.09 bits per heavy atom. The molecule has 14 atom stereocenters. The Morgan fingerprint density at radius 3 is 1.66 bits per heavy atom. The summed E-state index contributed by atoms with van der Waals surface area (Å²) in [6, 6.07) is 0. The van der Waals surface area contributed by atoms with Crippen molar-refractivity contribution in [2.24, 2.45) is 0 Å². The molecule has 0 radical (unpaired) electrons. The molecule has 0 saturated carbocycles. The first kappa shape index (κ1) is 29.0. The summed E-state index contributed by atoms with van der Waals surface area (Å²) in [6.45, 7) is 1.55. The van der Waals surface area contributed by atoms with Gasteiger partial charge in [0.25, 0.3) is 0 Å². The van der Waals surface area contributed by atoms with Gasteiger partial charge in [-0.3, -0.25) is 0 Å². The number of rotatable bonds is 9. The Hall–Kier alpha value is -0.600. The van der Waals surface area contributed by atoms with E-state index in [0.29, 0.717) is 0 Å². The molecule has 3 heterocycles. The zero-order valence-corrected chi connectivity index (χ0v) is 19.3. The fraction of sp³-hybridized carbons (Fsp3) is 1.00. The first-order valence-corrected chi connectivity index (χ1v) is 11.4. The van der Waals surface area contributed by atoms with Crippen LogP contribution in [0.1, 0.15) is 13.8 Å². The molecular formula is C20H36O15. The molecule has 3 saturated heterocycles. The van der Waals surface area contributed by atoms with Crippen molar-refractivity contribution in [3.8, 4) is 0 Å². The van der Waals surface area contributed by atoms with Crippen molar-refractivity contribution < 1.29 is 74.4 Å². The average molecular weight is 516 g/mol. The summed E-state index contributed by atoms with van der Waals surface area (Å²) in [5.41, 5.74) is 0. The summed E-state index contributed by atoms with van der Waals surface area (Å²) in [6.07, 6.45) is -21.1. The maximum absolute atomic E-state index is 10.6. The topological polar surface area (TPSA) is 237 Å². The molecule has 0 amide bonds. The van der Waals surface area contributed by atoms with Crippen molar-refractivity contribution in [2.45, 2.75) is 106 Å². The van der Waals surface area contributed by atoms with Crippen LogP contribution >= 0.6 is 0 Å². The molecule has 15 nitrogen and oxygen atoms in total. The van der Waals surface area contributed by atoms with Crippen molar-refractivity contribution >= 4 is 0 Å². The highest BCUT2D eigenvalue weighted by molar-refractivity contribution is 4.94. The molecule has 0 aromatic heterocycles. The number of aliphatic hydroxyl groups is 9. The van der Waals surface area contributed by atoms with E-state index in [-0.39, 0.29) is 6.10 Å². The van der Waals surface area contributed by atoms with Gasteiger partial charge in [-0.1, -0.05) is 0 Å². The molecule has 35 heavy (non-hydrogen) atoms. The summed E-state index contributed by atoms with van der Waals surface area (Å²) >= 11 is 0. The minimum absolute atomic E-state index is 0.379. The molecule has 15 heteroatoms. The lowest BCUT2D eigenvalue weighted by atomic mass is 9.98. The lowest BCUT2D eigenvalue weighted by molar-refractivity contribution is -0.352. The first-order chi connectivity index (χ1) is 16.5. The minimum atomic E-state index is -1.71. The molecule has 206 valence electrons. The predicted octanol–water partition coefficient (Wildman–Crippen LogP) is -5.50. The summed E-state index contributed by atoms with van der Waals surface area (Å²) in [5.74, 6) is 0. The quantitative estimate of drug-likeness (QED) is 0.139. The summed E-state index contributed by atoms with van der Waals surface area (Å²) in [7, 11) is 0. The van der Waals surface area contributed by atoms with Crippen LogP contribution in [0.5, 0.6) is 0 Å². The Labute approximate surface area is 200 Å². The molecule has 0 aliphatic carbocycles. The molecule has 0 unspecified atom stereocenters. The Balaban J connectivity index is 1.71. The van der Waals surface area contributed by atoms with Crippen molar-refractivity contribution in [1.82, 2.24) is 0 Å². The number of hydrogen-bond acceptors (Lipinski definition) is 15. The number of hydrogen-bond donors (Lipinski definition) is 9. The first-order valence-electron chi connectivity index (χ1n) is 11.4. The van der Waals surface area contributed by atoms with E-state index in [1.807, 2.05) is 0 Å². The van der Waals surface area contributed by atoms with E-state index in [1.54, 1.807) is 13.8 Å². The van der Waals surface area contributed by atoms with Crippen LogP contribution in [0.4, 0.5) is 0 Å². The lowest BCUT2D eigenvalue weighted by Crippen LogP contribution is -2.63. The van der Waals surface area contributed by atoms with E-state index in [9.17, 15) is 46.0 Å². The fourth-order valence-corrected chi connectivity index (χ4v) is 4.09. The van der Waals surface area contributed by atoms with Crippen LogP contribution in [-0.2, 0) is 28.4 Å². The zero-order valence-electron chi connectivity index (χ0n) is 19.3. The van der Waals surface area contributed by atoms with E-state index < -0.39 is 106 Å². The molecule has 0 aromatic carbocycles. The average Bonchev–Trinajstić information content (AvgIpc) is 3.10. The van der Waals surface area contributed by atoms with Gasteiger partial charge in [-0.2, -0.15) is 0 Å². The van der Waals surface area contributed by atoms with Crippen LogP contribution in [0, 0.1) is 0 Å². The number of aliphatic hydroxyl groups excluding tert-OH is 9. The highest BCUT2D eigenvalue weighted by Crippen LogP contribution is 2.31. The normalized spacial score (nSPS) is 49.0. The van der Waals surface area contributed by atoms with E-state index in [4.69, 9.17) is 28.4 Å². The number of ether oxygens (including phenoxy) is 6. The van der Waals surface area contributed by atoms with E-state index in [0.717, 1.165) is 0 Å². The second kappa shape index (κ2) is 12.3. The molecule has 0 bridgehead atoms. The monoisotopic (exact) mass is 516 g/mol. The Kier molecular flexibility index (Phi) is 10.2. The van der Waals surface area contributed by atoms with Crippen LogP contribution in [0.2, 0.25) is 0 Å². The smallest absolute Gasteiger partial charge is 0.187 e. The third-order valence-corrected chi connectivity index (χ3v) is 6.11. The van der Waals surface area contributed by atoms with Gasteiger partial charge < -0.3 is 74.4 Å². The second-order valence-electron chi connectivity index (χ2n) is 9.05. The Bertz CT molecular complexity index is 654. The predicted molar refractivity (Wildman–Crippen MR) is 109 cm³/mol. The minimum Gasteiger partial charge on any atom is -0.394 e. The van der Waals surface area contributed by atoms with Crippen LogP contribution in [0.15, 0.2) is 0 Å². The van der Waals surface area contributed by atoms with Gasteiger partial charge in [0, 0.05) is 0 Å². The zero-order chi connectivity index (χ0) is 26.0. The van der Waals surface area contributed by atoms with Crippen LogP contribution in [0.3, 0.4) is 0 Å². The van der Waals surface area contributed by atoms with E-state index in [1.165, 1.54) is 0 Å². The van der Waals surface area contributed by atoms with Crippen molar-refractivity contribution in [3.05, 3.63) is 0 Å². The molecular weight excluding hydrogens is 480 g/mol. The van der Waals surface area contributed by atoms with Gasteiger partial charge in [0.1, 0.15) is 67.1 Å². The highest BCUT2D eigenvalue weighted by Gasteiger charge is 2.52. The Morgan fingerprint density at radius 1 is 0.600 bits per heavy atom. The second-order valence-corrected chi connectivity index (χ2v) is 9.05. The van der Waals surface area contributed by atoms with E-state index in [2.05, 4.69) is 0 Å². The van der Waals surface area contributed by atoms with Crippen molar-refractivity contribution in [1.29, 1.82) is 0 Å². The molecule has 0 spiro atoms. The van der Waals surface area contributed by atoms with Crippen LogP contribution < -0.4 is 0 Å². The third-order valence-electron chi connectivity index (χ3n) is 6.11. The van der Waals surface area contributed by atoms with Crippen molar-refractivity contribution in [3.63, 3.8) is 0 Å². The van der Waals surface area contributed by atoms with Crippen molar-refractivity contribution in [2.75, 3.05) is 19.8 Å². The van der Waals surface area contributed by atoms with Gasteiger partial charge in [-0.05, 0) is 13.8 Å². The molecule has 3 aliphatic heterocycles. The van der Waals surface area contributed by atoms with Gasteiger partial charge in [-0.25, -0.2) is 0 Å². The molecule has 9 N–H and O–H groups in total. The third kappa shape index (κ3) is 6.28. The molecule has 3 rings (SSSR count). The highest BCUT2D eigenvalue weighted by atomic mass is 16.8.